The number of aliphatic hydroxyl groups excluding tert-OH is 1. The molecule has 6 heteroatoms. The second-order valence-electron chi connectivity index (χ2n) is 4.57. The number of aromatic nitrogens is 2. The molecule has 2 rings (SSSR count). The molecule has 94 valence electrons. The molecule has 1 aromatic rings. The van der Waals surface area contributed by atoms with Gasteiger partial charge >= 0.3 is 0 Å². The number of ether oxygens (including phenoxy) is 1. The minimum absolute atomic E-state index is 0.0922. The highest BCUT2D eigenvalue weighted by molar-refractivity contribution is 5.96. The monoisotopic (exact) mass is 239 g/mol. The Labute approximate surface area is 99.6 Å². The van der Waals surface area contributed by atoms with E-state index in [1.165, 1.54) is 11.8 Å². The van der Waals surface area contributed by atoms with Crippen molar-refractivity contribution in [3.63, 3.8) is 0 Å². The number of aryl methyl sites for hydroxylation is 1. The highest BCUT2D eigenvalue weighted by atomic mass is 16.5. The van der Waals surface area contributed by atoms with E-state index in [0.29, 0.717) is 18.0 Å². The van der Waals surface area contributed by atoms with Gasteiger partial charge in [-0.3, -0.25) is 9.48 Å². The van der Waals surface area contributed by atoms with Gasteiger partial charge in [0.15, 0.2) is 0 Å². The maximum atomic E-state index is 11.9. The van der Waals surface area contributed by atoms with Crippen molar-refractivity contribution >= 4 is 5.91 Å². The van der Waals surface area contributed by atoms with Crippen molar-refractivity contribution in [2.75, 3.05) is 20.3 Å². The predicted molar refractivity (Wildman–Crippen MR) is 60.8 cm³/mol. The van der Waals surface area contributed by atoms with Crippen molar-refractivity contribution in [2.24, 2.45) is 12.5 Å². The molecule has 6 nitrogen and oxygen atoms in total. The Morgan fingerprint density at radius 1 is 1.71 bits per heavy atom. The number of hydrogen-bond acceptors (Lipinski definition) is 4. The summed E-state index contributed by atoms with van der Waals surface area (Å²) in [4.78, 5) is 11.9. The third-order valence-electron chi connectivity index (χ3n) is 3.15. The van der Waals surface area contributed by atoms with E-state index in [4.69, 9.17) is 9.84 Å². The van der Waals surface area contributed by atoms with E-state index in [1.807, 2.05) is 0 Å². The number of nitrogens with zero attached hydrogens (tertiary/aromatic N) is 2. The molecule has 0 bridgehead atoms. The maximum Gasteiger partial charge on any atom is 0.258 e. The van der Waals surface area contributed by atoms with Crippen LogP contribution in [0.2, 0.25) is 0 Å². The van der Waals surface area contributed by atoms with Crippen LogP contribution < -0.4 is 10.1 Å². The molecule has 1 aromatic heterocycles. The van der Waals surface area contributed by atoms with E-state index in [2.05, 4.69) is 10.4 Å². The van der Waals surface area contributed by atoms with Crippen LogP contribution in [0.4, 0.5) is 0 Å². The number of carbonyl (C=O) groups excluding carboxylic acids is 1. The van der Waals surface area contributed by atoms with Crippen LogP contribution in [-0.2, 0) is 7.05 Å². The summed E-state index contributed by atoms with van der Waals surface area (Å²) in [5.41, 5.74) is 0.328. The van der Waals surface area contributed by atoms with E-state index in [9.17, 15) is 4.79 Å². The zero-order chi connectivity index (χ0) is 12.5. The van der Waals surface area contributed by atoms with Gasteiger partial charge < -0.3 is 15.2 Å². The summed E-state index contributed by atoms with van der Waals surface area (Å²) in [7, 11) is 3.21. The molecule has 2 N–H and O–H groups in total. The standard InChI is InChI=1S/C11H17N3O3/c1-14-5-8(10(13-14)17-2)9(16)12-6-11(7-15)3-4-11/h5,15H,3-4,6-7H2,1-2H3,(H,12,16). The molecule has 0 spiro atoms. The Morgan fingerprint density at radius 2 is 2.41 bits per heavy atom. The van der Waals surface area contributed by atoms with Crippen LogP contribution in [0, 0.1) is 5.41 Å². The zero-order valence-corrected chi connectivity index (χ0v) is 10.1. The lowest BCUT2D eigenvalue weighted by atomic mass is 10.1. The Kier molecular flexibility index (Phi) is 3.06. The fourth-order valence-corrected chi connectivity index (χ4v) is 1.71. The molecule has 1 heterocycles. The van der Waals surface area contributed by atoms with Gasteiger partial charge in [-0.15, -0.1) is 5.10 Å². The summed E-state index contributed by atoms with van der Waals surface area (Å²) < 4.78 is 6.55. The van der Waals surface area contributed by atoms with E-state index in [1.54, 1.807) is 13.2 Å². The van der Waals surface area contributed by atoms with Gasteiger partial charge in [-0.25, -0.2) is 0 Å². The number of amides is 1. The van der Waals surface area contributed by atoms with Crippen LogP contribution in [0.5, 0.6) is 5.88 Å². The zero-order valence-electron chi connectivity index (χ0n) is 10.1. The van der Waals surface area contributed by atoms with Gasteiger partial charge in [0.05, 0.1) is 13.7 Å². The molecule has 0 unspecified atom stereocenters. The first kappa shape index (κ1) is 11.9. The van der Waals surface area contributed by atoms with Crippen LogP contribution in [0.1, 0.15) is 23.2 Å². The summed E-state index contributed by atoms with van der Waals surface area (Å²) in [5, 5.41) is 16.0. The second kappa shape index (κ2) is 4.37. The molecule has 1 fully saturated rings. The highest BCUT2D eigenvalue weighted by Crippen LogP contribution is 2.44. The molecule has 1 aliphatic carbocycles. The summed E-state index contributed by atoms with van der Waals surface area (Å²) in [6.45, 7) is 0.623. The van der Waals surface area contributed by atoms with Crippen LogP contribution >= 0.6 is 0 Å². The molecule has 0 aliphatic heterocycles. The normalized spacial score (nSPS) is 16.6. The molecule has 1 saturated carbocycles. The highest BCUT2D eigenvalue weighted by Gasteiger charge is 2.42. The van der Waals surface area contributed by atoms with Gasteiger partial charge in [-0.05, 0) is 12.8 Å². The number of rotatable bonds is 5. The molecular formula is C11H17N3O3. The average molecular weight is 239 g/mol. The maximum absolute atomic E-state index is 11.9. The van der Waals surface area contributed by atoms with Crippen LogP contribution in [0.15, 0.2) is 6.20 Å². The molecule has 0 saturated heterocycles. The third-order valence-corrected chi connectivity index (χ3v) is 3.15. The van der Waals surface area contributed by atoms with Crippen molar-refractivity contribution in [3.05, 3.63) is 11.8 Å². The van der Waals surface area contributed by atoms with E-state index in [0.717, 1.165) is 12.8 Å². The number of aliphatic hydroxyl groups is 1. The lowest BCUT2D eigenvalue weighted by Crippen LogP contribution is -2.31. The summed E-state index contributed by atoms with van der Waals surface area (Å²) in [5.74, 6) is 0.105. The van der Waals surface area contributed by atoms with Crippen molar-refractivity contribution in [2.45, 2.75) is 12.8 Å². The van der Waals surface area contributed by atoms with Crippen LogP contribution in [0.25, 0.3) is 0 Å². The number of nitrogens with one attached hydrogen (secondary N) is 1. The van der Waals surface area contributed by atoms with Crippen LogP contribution in [-0.4, -0.2) is 41.1 Å². The minimum Gasteiger partial charge on any atom is -0.479 e. The van der Waals surface area contributed by atoms with Crippen molar-refractivity contribution in [1.29, 1.82) is 0 Å². The second-order valence-corrected chi connectivity index (χ2v) is 4.57. The molecule has 1 amide bonds. The molecule has 1 aliphatic rings. The first-order valence-corrected chi connectivity index (χ1v) is 5.57. The van der Waals surface area contributed by atoms with E-state index >= 15 is 0 Å². The lowest BCUT2D eigenvalue weighted by Gasteiger charge is -2.12. The molecular weight excluding hydrogens is 222 g/mol. The lowest BCUT2D eigenvalue weighted by molar-refractivity contribution is 0.0932. The quantitative estimate of drug-likeness (QED) is 0.754. The van der Waals surface area contributed by atoms with Gasteiger partial charge in [0.2, 0.25) is 5.88 Å². The topological polar surface area (TPSA) is 76.4 Å². The average Bonchev–Trinajstić information content (AvgIpc) is 3.02. The van der Waals surface area contributed by atoms with Gasteiger partial charge in [0, 0.05) is 25.2 Å². The number of methoxy groups -OCH3 is 1. The third kappa shape index (κ3) is 2.41. The number of carbonyl (C=O) groups is 1. The Morgan fingerprint density at radius 3 is 2.94 bits per heavy atom. The van der Waals surface area contributed by atoms with Gasteiger partial charge in [-0.2, -0.15) is 0 Å². The molecule has 0 aromatic carbocycles. The fourth-order valence-electron chi connectivity index (χ4n) is 1.71. The predicted octanol–water partition coefficient (Wildman–Crippen LogP) is -0.0690. The minimum atomic E-state index is -0.213. The fraction of sp³-hybridized carbons (Fsp3) is 0.636. The smallest absolute Gasteiger partial charge is 0.258 e. The molecule has 0 atom stereocenters. The first-order valence-electron chi connectivity index (χ1n) is 5.57. The summed E-state index contributed by atoms with van der Waals surface area (Å²) in [6, 6.07) is 0. The molecule has 17 heavy (non-hydrogen) atoms. The van der Waals surface area contributed by atoms with Gasteiger partial charge in [-0.1, -0.05) is 0 Å². The van der Waals surface area contributed by atoms with Crippen molar-refractivity contribution in [3.8, 4) is 5.88 Å². The van der Waals surface area contributed by atoms with Gasteiger partial charge in [0.1, 0.15) is 5.56 Å². The molecule has 0 radical (unpaired) electrons. The van der Waals surface area contributed by atoms with E-state index < -0.39 is 0 Å². The summed E-state index contributed by atoms with van der Waals surface area (Å²) in [6.07, 6.45) is 3.55. The SMILES string of the molecule is COc1nn(C)cc1C(=O)NCC1(CO)CC1. The van der Waals surface area contributed by atoms with Crippen molar-refractivity contribution < 1.29 is 14.6 Å². The Hall–Kier alpha value is -1.56. The largest absolute Gasteiger partial charge is 0.479 e. The van der Waals surface area contributed by atoms with Crippen molar-refractivity contribution in [1.82, 2.24) is 15.1 Å². The Bertz CT molecular complexity index is 424. The first-order chi connectivity index (χ1) is 8.10. The van der Waals surface area contributed by atoms with Crippen LogP contribution in [0.3, 0.4) is 0 Å². The summed E-state index contributed by atoms with van der Waals surface area (Å²) >= 11 is 0. The van der Waals surface area contributed by atoms with E-state index in [-0.39, 0.29) is 17.9 Å². The number of hydrogen-bond donors (Lipinski definition) is 2. The van der Waals surface area contributed by atoms with Gasteiger partial charge in [0.25, 0.3) is 5.91 Å². The Balaban J connectivity index is 1.99.